The Kier molecular flexibility index (Phi) is 7.15. The van der Waals surface area contributed by atoms with Crippen molar-refractivity contribution >= 4 is 0 Å². The van der Waals surface area contributed by atoms with E-state index >= 15 is 0 Å². The van der Waals surface area contributed by atoms with Crippen molar-refractivity contribution in [2.45, 2.75) is 51.6 Å². The molecule has 1 heterocycles. The molecule has 1 aliphatic rings. The SMILES string of the molecule is CCC(CO)(CCCN1CCOCC1)NC(C)C. The molecule has 0 aromatic carbocycles. The number of nitrogens with one attached hydrogen (secondary N) is 1. The van der Waals surface area contributed by atoms with Gasteiger partial charge in [0.2, 0.25) is 0 Å². The zero-order chi connectivity index (χ0) is 13.4. The number of hydrogen-bond acceptors (Lipinski definition) is 4. The monoisotopic (exact) mass is 258 g/mol. The van der Waals surface area contributed by atoms with Gasteiger partial charge in [-0.1, -0.05) is 20.8 Å². The van der Waals surface area contributed by atoms with Crippen LogP contribution < -0.4 is 5.32 Å². The first-order valence-electron chi connectivity index (χ1n) is 7.30. The maximum Gasteiger partial charge on any atom is 0.0613 e. The standard InChI is InChI=1S/C14H30N2O2/c1-4-14(12-17,15-13(2)3)6-5-7-16-8-10-18-11-9-16/h13,15,17H,4-12H2,1-3H3. The van der Waals surface area contributed by atoms with E-state index in [4.69, 9.17) is 4.74 Å². The number of aliphatic hydroxyl groups excluding tert-OH is 1. The van der Waals surface area contributed by atoms with Crippen LogP contribution in [0.25, 0.3) is 0 Å². The molecule has 1 aliphatic heterocycles. The van der Waals surface area contributed by atoms with Crippen LogP contribution in [0.1, 0.15) is 40.0 Å². The molecule has 0 amide bonds. The largest absolute Gasteiger partial charge is 0.394 e. The van der Waals surface area contributed by atoms with Gasteiger partial charge in [-0.3, -0.25) is 4.90 Å². The van der Waals surface area contributed by atoms with Crippen molar-refractivity contribution in [3.8, 4) is 0 Å². The second-order valence-corrected chi connectivity index (χ2v) is 5.65. The summed E-state index contributed by atoms with van der Waals surface area (Å²) in [5.74, 6) is 0. The lowest BCUT2D eigenvalue weighted by Gasteiger charge is -2.35. The highest BCUT2D eigenvalue weighted by atomic mass is 16.5. The van der Waals surface area contributed by atoms with Gasteiger partial charge < -0.3 is 15.2 Å². The topological polar surface area (TPSA) is 44.7 Å². The van der Waals surface area contributed by atoms with Crippen molar-refractivity contribution in [2.24, 2.45) is 0 Å². The minimum absolute atomic E-state index is 0.0968. The molecule has 1 fully saturated rings. The molecule has 0 aromatic heterocycles. The summed E-state index contributed by atoms with van der Waals surface area (Å²) in [4.78, 5) is 2.46. The highest BCUT2D eigenvalue weighted by Crippen LogP contribution is 2.18. The van der Waals surface area contributed by atoms with Gasteiger partial charge in [0.25, 0.3) is 0 Å². The van der Waals surface area contributed by atoms with Gasteiger partial charge in [0.05, 0.1) is 19.8 Å². The predicted molar refractivity (Wildman–Crippen MR) is 74.9 cm³/mol. The molecule has 108 valence electrons. The molecule has 2 N–H and O–H groups in total. The van der Waals surface area contributed by atoms with Gasteiger partial charge in [-0.2, -0.15) is 0 Å². The summed E-state index contributed by atoms with van der Waals surface area (Å²) in [5, 5.41) is 13.2. The maximum absolute atomic E-state index is 9.67. The van der Waals surface area contributed by atoms with Crippen molar-refractivity contribution in [1.82, 2.24) is 10.2 Å². The minimum Gasteiger partial charge on any atom is -0.394 e. The molecule has 0 spiro atoms. The molecule has 0 radical (unpaired) electrons. The molecule has 1 unspecified atom stereocenters. The molecule has 1 rings (SSSR count). The summed E-state index contributed by atoms with van der Waals surface area (Å²) in [5.41, 5.74) is -0.0968. The number of ether oxygens (including phenoxy) is 1. The molecule has 18 heavy (non-hydrogen) atoms. The van der Waals surface area contributed by atoms with E-state index < -0.39 is 0 Å². The lowest BCUT2D eigenvalue weighted by molar-refractivity contribution is 0.0348. The fourth-order valence-electron chi connectivity index (χ4n) is 2.67. The first-order chi connectivity index (χ1) is 8.62. The van der Waals surface area contributed by atoms with E-state index in [0.717, 1.165) is 52.1 Å². The van der Waals surface area contributed by atoms with Crippen molar-refractivity contribution in [3.63, 3.8) is 0 Å². The molecule has 0 bridgehead atoms. The smallest absolute Gasteiger partial charge is 0.0613 e. The number of rotatable bonds is 8. The number of aliphatic hydroxyl groups is 1. The van der Waals surface area contributed by atoms with Gasteiger partial charge in [-0.15, -0.1) is 0 Å². The van der Waals surface area contributed by atoms with Crippen molar-refractivity contribution < 1.29 is 9.84 Å². The third kappa shape index (κ3) is 5.22. The van der Waals surface area contributed by atoms with Gasteiger partial charge in [0, 0.05) is 24.7 Å². The normalized spacial score (nSPS) is 21.2. The first-order valence-corrected chi connectivity index (χ1v) is 7.30. The van der Waals surface area contributed by atoms with E-state index in [1.54, 1.807) is 0 Å². The van der Waals surface area contributed by atoms with Gasteiger partial charge in [-0.05, 0) is 25.8 Å². The summed E-state index contributed by atoms with van der Waals surface area (Å²) in [6.45, 7) is 11.6. The molecule has 1 atom stereocenters. The fraction of sp³-hybridized carbons (Fsp3) is 1.00. The minimum atomic E-state index is -0.0968. The van der Waals surface area contributed by atoms with E-state index in [2.05, 4.69) is 31.0 Å². The van der Waals surface area contributed by atoms with Crippen LogP contribution in [0, 0.1) is 0 Å². The quantitative estimate of drug-likeness (QED) is 0.687. The number of hydrogen-bond donors (Lipinski definition) is 2. The molecular weight excluding hydrogens is 228 g/mol. The Morgan fingerprint density at radius 2 is 2.00 bits per heavy atom. The molecule has 0 saturated carbocycles. The average molecular weight is 258 g/mol. The van der Waals surface area contributed by atoms with Crippen LogP contribution >= 0.6 is 0 Å². The van der Waals surface area contributed by atoms with E-state index in [0.29, 0.717) is 6.04 Å². The second-order valence-electron chi connectivity index (χ2n) is 5.65. The number of morpholine rings is 1. The summed E-state index contributed by atoms with van der Waals surface area (Å²) in [6, 6.07) is 0.417. The Bertz CT molecular complexity index is 212. The summed E-state index contributed by atoms with van der Waals surface area (Å²) in [7, 11) is 0. The second kappa shape index (κ2) is 8.10. The van der Waals surface area contributed by atoms with Crippen LogP contribution in [-0.4, -0.2) is 61.0 Å². The van der Waals surface area contributed by atoms with Crippen molar-refractivity contribution in [2.75, 3.05) is 39.5 Å². The van der Waals surface area contributed by atoms with E-state index in [1.807, 2.05) is 0 Å². The van der Waals surface area contributed by atoms with Crippen LogP contribution in [0.15, 0.2) is 0 Å². The zero-order valence-corrected chi connectivity index (χ0v) is 12.2. The van der Waals surface area contributed by atoms with Crippen molar-refractivity contribution in [1.29, 1.82) is 0 Å². The third-order valence-electron chi connectivity index (χ3n) is 3.81. The lowest BCUT2D eigenvalue weighted by Crippen LogP contribution is -2.51. The molecule has 0 aromatic rings. The summed E-state index contributed by atoms with van der Waals surface area (Å²) >= 11 is 0. The molecular formula is C14H30N2O2. The highest BCUT2D eigenvalue weighted by molar-refractivity contribution is 4.87. The first kappa shape index (κ1) is 15.9. The van der Waals surface area contributed by atoms with Crippen LogP contribution in [-0.2, 0) is 4.74 Å². The van der Waals surface area contributed by atoms with E-state index in [-0.39, 0.29) is 12.1 Å². The highest BCUT2D eigenvalue weighted by Gasteiger charge is 2.27. The molecule has 4 nitrogen and oxygen atoms in total. The van der Waals surface area contributed by atoms with E-state index in [1.165, 1.54) is 0 Å². The number of nitrogens with zero attached hydrogens (tertiary/aromatic N) is 1. The molecule has 1 saturated heterocycles. The van der Waals surface area contributed by atoms with Crippen molar-refractivity contribution in [3.05, 3.63) is 0 Å². The Morgan fingerprint density at radius 1 is 1.33 bits per heavy atom. The van der Waals surface area contributed by atoms with Crippen LogP contribution in [0.5, 0.6) is 0 Å². The zero-order valence-electron chi connectivity index (χ0n) is 12.2. The molecule has 4 heteroatoms. The Balaban J connectivity index is 2.31. The third-order valence-corrected chi connectivity index (χ3v) is 3.81. The lowest BCUT2D eigenvalue weighted by atomic mass is 9.90. The summed E-state index contributed by atoms with van der Waals surface area (Å²) < 4.78 is 5.35. The van der Waals surface area contributed by atoms with E-state index in [9.17, 15) is 5.11 Å². The maximum atomic E-state index is 9.67. The molecule has 0 aliphatic carbocycles. The van der Waals surface area contributed by atoms with Gasteiger partial charge in [0.1, 0.15) is 0 Å². The van der Waals surface area contributed by atoms with Crippen LogP contribution in [0.2, 0.25) is 0 Å². The summed E-state index contributed by atoms with van der Waals surface area (Å²) in [6.07, 6.45) is 3.15. The average Bonchev–Trinajstić information content (AvgIpc) is 2.38. The Morgan fingerprint density at radius 3 is 2.50 bits per heavy atom. The van der Waals surface area contributed by atoms with Gasteiger partial charge in [-0.25, -0.2) is 0 Å². The van der Waals surface area contributed by atoms with Crippen LogP contribution in [0.4, 0.5) is 0 Å². The Hall–Kier alpha value is -0.160. The van der Waals surface area contributed by atoms with Gasteiger partial charge >= 0.3 is 0 Å². The predicted octanol–water partition coefficient (Wildman–Crippen LogP) is 1.24. The van der Waals surface area contributed by atoms with Crippen LogP contribution in [0.3, 0.4) is 0 Å². The Labute approximate surface area is 112 Å². The van der Waals surface area contributed by atoms with Gasteiger partial charge in [0.15, 0.2) is 0 Å². The fourth-order valence-corrected chi connectivity index (χ4v) is 2.67.